The van der Waals surface area contributed by atoms with Gasteiger partial charge in [-0.1, -0.05) is 12.5 Å². The normalized spacial score (nSPS) is 18.6. The second-order valence-electron chi connectivity index (χ2n) is 4.49. The molecule has 1 saturated carbocycles. The molecule has 1 unspecified atom stereocenters. The summed E-state index contributed by atoms with van der Waals surface area (Å²) >= 11 is 0. The highest BCUT2D eigenvalue weighted by Gasteiger charge is 2.25. The third-order valence-corrected chi connectivity index (χ3v) is 3.49. The number of fused-ring (bicyclic) bond motifs is 1. The zero-order chi connectivity index (χ0) is 11.1. The fourth-order valence-corrected chi connectivity index (χ4v) is 2.24. The van der Waals surface area contributed by atoms with Crippen LogP contribution in [0.4, 0.5) is 0 Å². The summed E-state index contributed by atoms with van der Waals surface area (Å²) in [5.41, 5.74) is 8.55. The van der Waals surface area contributed by atoms with Gasteiger partial charge in [-0.2, -0.15) is 0 Å². The van der Waals surface area contributed by atoms with Crippen molar-refractivity contribution < 1.29 is 4.42 Å². The number of aromatic nitrogens is 1. The Balaban J connectivity index is 2.00. The van der Waals surface area contributed by atoms with E-state index in [0.29, 0.717) is 11.5 Å². The Morgan fingerprint density at radius 3 is 2.94 bits per heavy atom. The smallest absolute Gasteiger partial charge is 0.408 e. The predicted molar refractivity (Wildman–Crippen MR) is 61.1 cm³/mol. The summed E-state index contributed by atoms with van der Waals surface area (Å²) in [6, 6.07) is 5.76. The molecule has 16 heavy (non-hydrogen) atoms. The topological polar surface area (TPSA) is 72.0 Å². The van der Waals surface area contributed by atoms with E-state index >= 15 is 0 Å². The predicted octanol–water partition coefficient (Wildman–Crippen LogP) is 1.92. The lowest BCUT2D eigenvalue weighted by molar-refractivity contribution is 0.264. The number of oxazole rings is 1. The highest BCUT2D eigenvalue weighted by molar-refractivity contribution is 5.72. The first-order valence-electron chi connectivity index (χ1n) is 5.62. The Labute approximate surface area is 92.4 Å². The molecule has 1 aromatic carbocycles. The maximum atomic E-state index is 11.0. The lowest BCUT2D eigenvalue weighted by Gasteiger charge is -2.31. The number of aromatic amines is 1. The largest absolute Gasteiger partial charge is 0.417 e. The first-order chi connectivity index (χ1) is 7.74. The Kier molecular flexibility index (Phi) is 2.11. The van der Waals surface area contributed by atoms with Crippen molar-refractivity contribution in [2.24, 2.45) is 11.7 Å². The van der Waals surface area contributed by atoms with Crippen molar-refractivity contribution >= 4 is 11.1 Å². The van der Waals surface area contributed by atoms with Crippen molar-refractivity contribution in [3.8, 4) is 0 Å². The molecule has 1 fully saturated rings. The molecule has 0 aliphatic heterocycles. The van der Waals surface area contributed by atoms with Crippen LogP contribution >= 0.6 is 0 Å². The van der Waals surface area contributed by atoms with Gasteiger partial charge in [0.25, 0.3) is 0 Å². The van der Waals surface area contributed by atoms with Gasteiger partial charge < -0.3 is 10.2 Å². The Bertz CT molecular complexity index is 566. The summed E-state index contributed by atoms with van der Waals surface area (Å²) in [6.07, 6.45) is 3.69. The van der Waals surface area contributed by atoms with Crippen LogP contribution in [0.5, 0.6) is 0 Å². The second-order valence-corrected chi connectivity index (χ2v) is 4.49. The third-order valence-electron chi connectivity index (χ3n) is 3.49. The van der Waals surface area contributed by atoms with Crippen molar-refractivity contribution in [2.45, 2.75) is 25.3 Å². The molecule has 0 amide bonds. The number of benzene rings is 1. The highest BCUT2D eigenvalue weighted by Crippen LogP contribution is 2.36. The van der Waals surface area contributed by atoms with Crippen molar-refractivity contribution in [2.75, 3.05) is 0 Å². The number of hydrogen-bond acceptors (Lipinski definition) is 3. The number of hydrogen-bond donors (Lipinski definition) is 2. The maximum Gasteiger partial charge on any atom is 0.417 e. The SMILES string of the molecule is NC(c1ccc2[nH]c(=O)oc2c1)C1CCC1. The first kappa shape index (κ1) is 9.66. The van der Waals surface area contributed by atoms with Crippen LogP contribution in [0.15, 0.2) is 27.4 Å². The van der Waals surface area contributed by atoms with Crippen LogP contribution in [0.25, 0.3) is 11.1 Å². The molecule has 84 valence electrons. The number of nitrogens with two attached hydrogens (primary N) is 1. The van der Waals surface area contributed by atoms with Crippen molar-refractivity contribution in [3.05, 3.63) is 34.3 Å². The molecule has 2 aromatic rings. The zero-order valence-electron chi connectivity index (χ0n) is 8.90. The van der Waals surface area contributed by atoms with Gasteiger partial charge in [-0.25, -0.2) is 4.79 Å². The van der Waals surface area contributed by atoms with Gasteiger partial charge in [-0.05, 0) is 36.5 Å². The van der Waals surface area contributed by atoms with Crippen LogP contribution in [0.2, 0.25) is 0 Å². The molecule has 4 nitrogen and oxygen atoms in total. The van der Waals surface area contributed by atoms with Gasteiger partial charge in [0.15, 0.2) is 5.58 Å². The van der Waals surface area contributed by atoms with Crippen LogP contribution in [-0.4, -0.2) is 4.98 Å². The Morgan fingerprint density at radius 1 is 1.44 bits per heavy atom. The lowest BCUT2D eigenvalue weighted by Crippen LogP contribution is -2.26. The lowest BCUT2D eigenvalue weighted by atomic mass is 9.77. The van der Waals surface area contributed by atoms with E-state index in [0.717, 1.165) is 11.1 Å². The standard InChI is InChI=1S/C12H14N2O2/c13-11(7-2-1-3-7)8-4-5-9-10(6-8)16-12(15)14-9/h4-7,11H,1-3,13H2,(H,14,15). The van der Waals surface area contributed by atoms with E-state index in [1.54, 1.807) is 0 Å². The summed E-state index contributed by atoms with van der Waals surface area (Å²) in [6.45, 7) is 0. The fourth-order valence-electron chi connectivity index (χ4n) is 2.24. The van der Waals surface area contributed by atoms with Crippen LogP contribution in [0.3, 0.4) is 0 Å². The molecule has 0 saturated heterocycles. The van der Waals surface area contributed by atoms with Crippen LogP contribution in [-0.2, 0) is 0 Å². The van der Waals surface area contributed by atoms with E-state index < -0.39 is 5.76 Å². The summed E-state index contributed by atoms with van der Waals surface area (Å²) in [7, 11) is 0. The quantitative estimate of drug-likeness (QED) is 0.808. The minimum absolute atomic E-state index is 0.0679. The first-order valence-corrected chi connectivity index (χ1v) is 5.62. The monoisotopic (exact) mass is 218 g/mol. The number of H-pyrrole nitrogens is 1. The minimum Gasteiger partial charge on any atom is -0.408 e. The van der Waals surface area contributed by atoms with Gasteiger partial charge in [0.1, 0.15) is 0 Å². The minimum atomic E-state index is -0.413. The summed E-state index contributed by atoms with van der Waals surface area (Å²) < 4.78 is 5.02. The van der Waals surface area contributed by atoms with Gasteiger partial charge in [-0.15, -0.1) is 0 Å². The van der Waals surface area contributed by atoms with E-state index in [9.17, 15) is 4.79 Å². The maximum absolute atomic E-state index is 11.0. The average Bonchev–Trinajstić information content (AvgIpc) is 2.53. The van der Waals surface area contributed by atoms with Gasteiger partial charge >= 0.3 is 5.76 Å². The fraction of sp³-hybridized carbons (Fsp3) is 0.417. The molecule has 1 aliphatic rings. The van der Waals surface area contributed by atoms with E-state index in [4.69, 9.17) is 10.2 Å². The molecular formula is C12H14N2O2. The molecule has 1 heterocycles. The van der Waals surface area contributed by atoms with Gasteiger partial charge in [-0.3, -0.25) is 4.98 Å². The zero-order valence-corrected chi connectivity index (χ0v) is 8.90. The van der Waals surface area contributed by atoms with Gasteiger partial charge in [0, 0.05) is 6.04 Å². The molecular weight excluding hydrogens is 204 g/mol. The molecule has 0 radical (unpaired) electrons. The Morgan fingerprint density at radius 2 is 2.25 bits per heavy atom. The van der Waals surface area contributed by atoms with E-state index in [1.807, 2.05) is 18.2 Å². The van der Waals surface area contributed by atoms with Crippen molar-refractivity contribution in [3.63, 3.8) is 0 Å². The second kappa shape index (κ2) is 3.49. The van der Waals surface area contributed by atoms with Gasteiger partial charge in [0.05, 0.1) is 5.52 Å². The van der Waals surface area contributed by atoms with Crippen LogP contribution < -0.4 is 11.5 Å². The van der Waals surface area contributed by atoms with E-state index in [1.165, 1.54) is 19.3 Å². The molecule has 1 atom stereocenters. The van der Waals surface area contributed by atoms with E-state index in [2.05, 4.69) is 4.98 Å². The third kappa shape index (κ3) is 1.46. The van der Waals surface area contributed by atoms with Crippen molar-refractivity contribution in [1.29, 1.82) is 0 Å². The molecule has 0 spiro atoms. The molecule has 3 rings (SSSR count). The molecule has 0 bridgehead atoms. The summed E-state index contributed by atoms with van der Waals surface area (Å²) in [5.74, 6) is 0.174. The van der Waals surface area contributed by atoms with Crippen LogP contribution in [0, 0.1) is 5.92 Å². The average molecular weight is 218 g/mol. The molecule has 1 aliphatic carbocycles. The molecule has 1 aromatic heterocycles. The summed E-state index contributed by atoms with van der Waals surface area (Å²) in [5, 5.41) is 0. The number of nitrogens with one attached hydrogen (secondary N) is 1. The summed E-state index contributed by atoms with van der Waals surface area (Å²) in [4.78, 5) is 13.6. The number of rotatable bonds is 2. The van der Waals surface area contributed by atoms with E-state index in [-0.39, 0.29) is 6.04 Å². The molecule has 3 N–H and O–H groups in total. The highest BCUT2D eigenvalue weighted by atomic mass is 16.4. The Hall–Kier alpha value is -1.55. The van der Waals surface area contributed by atoms with Gasteiger partial charge in [0.2, 0.25) is 0 Å². The molecule has 4 heteroatoms. The van der Waals surface area contributed by atoms with Crippen LogP contribution in [0.1, 0.15) is 30.9 Å². The van der Waals surface area contributed by atoms with Crippen molar-refractivity contribution in [1.82, 2.24) is 4.98 Å².